The van der Waals surface area contributed by atoms with Gasteiger partial charge in [0, 0.05) is 30.2 Å². The molecule has 2 rings (SSSR count). The average molecular weight is 285 g/mol. The molecule has 0 aromatic heterocycles. The Morgan fingerprint density at radius 3 is 2.74 bits per heavy atom. The van der Waals surface area contributed by atoms with E-state index in [1.165, 1.54) is 12.5 Å². The molecule has 0 saturated carbocycles. The first kappa shape index (κ1) is 14.3. The molecule has 1 aromatic carbocycles. The maximum atomic E-state index is 13.5. The molecule has 1 aliphatic heterocycles. The van der Waals surface area contributed by atoms with Crippen LogP contribution in [0.4, 0.5) is 4.39 Å². The lowest BCUT2D eigenvalue weighted by atomic mass is 10.1. The van der Waals surface area contributed by atoms with E-state index < -0.39 is 0 Å². The van der Waals surface area contributed by atoms with E-state index in [1.807, 2.05) is 4.90 Å². The van der Waals surface area contributed by atoms with Crippen molar-refractivity contribution in [2.75, 3.05) is 19.6 Å². The highest BCUT2D eigenvalue weighted by atomic mass is 35.5. The van der Waals surface area contributed by atoms with Gasteiger partial charge in [-0.3, -0.25) is 4.79 Å². The van der Waals surface area contributed by atoms with Gasteiger partial charge < -0.3 is 10.2 Å². The third-order valence-electron chi connectivity index (χ3n) is 3.32. The monoisotopic (exact) mass is 284 g/mol. The number of hydrogen-bond donors (Lipinski definition) is 1. The van der Waals surface area contributed by atoms with E-state index in [0.29, 0.717) is 17.1 Å². The Labute approximate surface area is 117 Å². The second-order valence-corrected chi connectivity index (χ2v) is 5.22. The van der Waals surface area contributed by atoms with Crippen molar-refractivity contribution < 1.29 is 9.18 Å². The van der Waals surface area contributed by atoms with Crippen LogP contribution in [0, 0.1) is 5.82 Å². The van der Waals surface area contributed by atoms with Crippen molar-refractivity contribution in [3.63, 3.8) is 0 Å². The summed E-state index contributed by atoms with van der Waals surface area (Å²) < 4.78 is 13.5. The van der Waals surface area contributed by atoms with Crippen molar-refractivity contribution in [1.82, 2.24) is 10.2 Å². The molecule has 5 heteroatoms. The van der Waals surface area contributed by atoms with Gasteiger partial charge in [-0.2, -0.15) is 0 Å². The summed E-state index contributed by atoms with van der Waals surface area (Å²) in [7, 11) is 0. The number of halogens is 2. The summed E-state index contributed by atoms with van der Waals surface area (Å²) in [5.41, 5.74) is 0.524. The number of hydrogen-bond acceptors (Lipinski definition) is 2. The molecule has 19 heavy (non-hydrogen) atoms. The summed E-state index contributed by atoms with van der Waals surface area (Å²) in [5.74, 6) is -0.250. The third-order valence-corrected chi connectivity index (χ3v) is 3.55. The first-order chi connectivity index (χ1) is 9.16. The van der Waals surface area contributed by atoms with E-state index in [9.17, 15) is 9.18 Å². The van der Waals surface area contributed by atoms with Crippen LogP contribution in [0.15, 0.2) is 18.2 Å². The number of carbonyl (C=O) groups is 1. The molecule has 1 heterocycles. The summed E-state index contributed by atoms with van der Waals surface area (Å²) >= 11 is 5.68. The minimum absolute atomic E-state index is 0.0917. The van der Waals surface area contributed by atoms with Crippen molar-refractivity contribution >= 4 is 17.5 Å². The third kappa shape index (κ3) is 4.18. The Hall–Kier alpha value is -1.13. The lowest BCUT2D eigenvalue weighted by Crippen LogP contribution is -2.41. The molecular weight excluding hydrogens is 267 g/mol. The van der Waals surface area contributed by atoms with Crippen molar-refractivity contribution in [3.8, 4) is 0 Å². The molecule has 1 amide bonds. The van der Waals surface area contributed by atoms with Gasteiger partial charge in [-0.05, 0) is 31.4 Å². The molecule has 0 atom stereocenters. The van der Waals surface area contributed by atoms with Gasteiger partial charge >= 0.3 is 0 Å². The summed E-state index contributed by atoms with van der Waals surface area (Å²) in [6, 6.07) is 4.56. The Kier molecular flexibility index (Phi) is 5.16. The second kappa shape index (κ2) is 6.87. The molecule has 0 bridgehead atoms. The predicted molar refractivity (Wildman–Crippen MR) is 73.5 cm³/mol. The molecular formula is C14H18ClFN2O. The number of amides is 1. The first-order valence-electron chi connectivity index (χ1n) is 6.59. The molecule has 0 radical (unpaired) electrons. The first-order valence-corrected chi connectivity index (χ1v) is 6.97. The Morgan fingerprint density at radius 2 is 2.05 bits per heavy atom. The van der Waals surface area contributed by atoms with Crippen LogP contribution in [-0.4, -0.2) is 30.4 Å². The molecule has 1 aromatic rings. The number of piperidine rings is 1. The topological polar surface area (TPSA) is 32.3 Å². The molecule has 1 N–H and O–H groups in total. The van der Waals surface area contributed by atoms with Gasteiger partial charge in [-0.15, -0.1) is 0 Å². The lowest BCUT2D eigenvalue weighted by molar-refractivity contribution is -0.131. The normalized spacial score (nSPS) is 15.6. The van der Waals surface area contributed by atoms with Crippen LogP contribution in [0.25, 0.3) is 0 Å². The number of nitrogens with one attached hydrogen (secondary N) is 1. The van der Waals surface area contributed by atoms with Crippen LogP contribution in [0.5, 0.6) is 0 Å². The zero-order chi connectivity index (χ0) is 13.7. The minimum Gasteiger partial charge on any atom is -0.342 e. The second-order valence-electron chi connectivity index (χ2n) is 4.78. The summed E-state index contributed by atoms with van der Waals surface area (Å²) in [5, 5.41) is 3.36. The summed E-state index contributed by atoms with van der Waals surface area (Å²) in [6.07, 6.45) is 3.36. The van der Waals surface area contributed by atoms with Crippen molar-refractivity contribution in [2.24, 2.45) is 0 Å². The van der Waals surface area contributed by atoms with Gasteiger partial charge in [0.2, 0.25) is 5.91 Å². The Balaban J connectivity index is 1.78. The van der Waals surface area contributed by atoms with Gasteiger partial charge in [0.15, 0.2) is 0 Å². The van der Waals surface area contributed by atoms with E-state index in [1.54, 1.807) is 12.1 Å². The van der Waals surface area contributed by atoms with Crippen LogP contribution >= 0.6 is 11.6 Å². The number of carbonyl (C=O) groups excluding carboxylic acids is 1. The van der Waals surface area contributed by atoms with Gasteiger partial charge in [0.25, 0.3) is 0 Å². The summed E-state index contributed by atoms with van der Waals surface area (Å²) in [6.45, 7) is 2.27. The maximum absolute atomic E-state index is 13.5. The molecule has 1 saturated heterocycles. The number of rotatable bonds is 4. The van der Waals surface area contributed by atoms with E-state index in [-0.39, 0.29) is 18.3 Å². The fraction of sp³-hybridized carbons (Fsp3) is 0.500. The fourth-order valence-electron chi connectivity index (χ4n) is 2.22. The fourth-order valence-corrected chi connectivity index (χ4v) is 2.38. The standard InChI is InChI=1S/C14H18ClFN2O/c15-12-5-4-11(13(16)8-12)9-17-10-14(19)18-6-2-1-3-7-18/h4-5,8,17H,1-3,6-7,9-10H2. The largest absolute Gasteiger partial charge is 0.342 e. The molecule has 104 valence electrons. The van der Waals surface area contributed by atoms with Crippen LogP contribution in [0.2, 0.25) is 5.02 Å². The zero-order valence-electron chi connectivity index (χ0n) is 10.8. The molecule has 0 spiro atoms. The van der Waals surface area contributed by atoms with Gasteiger partial charge in [0.1, 0.15) is 5.82 Å². The van der Waals surface area contributed by atoms with E-state index in [2.05, 4.69) is 5.32 Å². The van der Waals surface area contributed by atoms with Gasteiger partial charge in [-0.25, -0.2) is 4.39 Å². The van der Waals surface area contributed by atoms with Gasteiger partial charge in [0.05, 0.1) is 6.54 Å². The Bertz CT molecular complexity index is 447. The van der Waals surface area contributed by atoms with E-state index in [0.717, 1.165) is 25.9 Å². The highest BCUT2D eigenvalue weighted by Crippen LogP contribution is 2.14. The summed E-state index contributed by atoms with van der Waals surface area (Å²) in [4.78, 5) is 13.7. The highest BCUT2D eigenvalue weighted by molar-refractivity contribution is 6.30. The van der Waals surface area contributed by atoms with Crippen LogP contribution in [0.1, 0.15) is 24.8 Å². The molecule has 1 aliphatic rings. The van der Waals surface area contributed by atoms with Crippen molar-refractivity contribution in [3.05, 3.63) is 34.6 Å². The molecule has 3 nitrogen and oxygen atoms in total. The smallest absolute Gasteiger partial charge is 0.236 e. The molecule has 0 unspecified atom stereocenters. The minimum atomic E-state index is -0.342. The molecule has 0 aliphatic carbocycles. The van der Waals surface area contributed by atoms with Gasteiger partial charge in [-0.1, -0.05) is 17.7 Å². The van der Waals surface area contributed by atoms with Crippen LogP contribution < -0.4 is 5.32 Å². The van der Waals surface area contributed by atoms with E-state index in [4.69, 9.17) is 11.6 Å². The van der Waals surface area contributed by atoms with E-state index >= 15 is 0 Å². The average Bonchev–Trinajstić information content (AvgIpc) is 2.42. The van der Waals surface area contributed by atoms with Crippen molar-refractivity contribution in [1.29, 1.82) is 0 Å². The number of benzene rings is 1. The van der Waals surface area contributed by atoms with Crippen molar-refractivity contribution in [2.45, 2.75) is 25.8 Å². The predicted octanol–water partition coefficient (Wildman–Crippen LogP) is 2.58. The quantitative estimate of drug-likeness (QED) is 0.922. The maximum Gasteiger partial charge on any atom is 0.236 e. The van der Waals surface area contributed by atoms with Crippen LogP contribution in [0.3, 0.4) is 0 Å². The number of likely N-dealkylation sites (tertiary alicyclic amines) is 1. The number of nitrogens with zero attached hydrogens (tertiary/aromatic N) is 1. The SMILES string of the molecule is O=C(CNCc1ccc(Cl)cc1F)N1CCCCC1. The lowest BCUT2D eigenvalue weighted by Gasteiger charge is -2.26. The zero-order valence-corrected chi connectivity index (χ0v) is 11.5. The highest BCUT2D eigenvalue weighted by Gasteiger charge is 2.15. The van der Waals surface area contributed by atoms with Crippen LogP contribution in [-0.2, 0) is 11.3 Å². The Morgan fingerprint density at radius 1 is 1.32 bits per heavy atom. The molecule has 1 fully saturated rings.